The Morgan fingerprint density at radius 3 is 2.79 bits per heavy atom. The van der Waals surface area contributed by atoms with Crippen molar-refractivity contribution in [3.8, 4) is 5.75 Å². The fourth-order valence-electron chi connectivity index (χ4n) is 1.51. The van der Waals surface area contributed by atoms with Crippen LogP contribution in [0.25, 0.3) is 0 Å². The van der Waals surface area contributed by atoms with Crippen molar-refractivity contribution in [2.75, 3.05) is 0 Å². The highest BCUT2D eigenvalue weighted by Gasteiger charge is 2.06. The molecular weight excluding hydrogens is 249 g/mol. The van der Waals surface area contributed by atoms with Gasteiger partial charge in [-0.2, -0.15) is 0 Å². The SMILES string of the molecule is Cc1ccc(F)c(OCc2ccc(C(=O)O)cn2)c1. The molecule has 0 saturated heterocycles. The van der Waals surface area contributed by atoms with Gasteiger partial charge in [-0.15, -0.1) is 0 Å². The van der Waals surface area contributed by atoms with E-state index in [1.54, 1.807) is 12.1 Å². The molecule has 2 rings (SSSR count). The van der Waals surface area contributed by atoms with E-state index in [2.05, 4.69) is 4.98 Å². The van der Waals surface area contributed by atoms with Crippen LogP contribution in [0.3, 0.4) is 0 Å². The third-order valence-electron chi connectivity index (χ3n) is 2.53. The summed E-state index contributed by atoms with van der Waals surface area (Å²) in [6.07, 6.45) is 1.24. The van der Waals surface area contributed by atoms with Crippen LogP contribution in [0.5, 0.6) is 5.75 Å². The molecule has 0 fully saturated rings. The Balaban J connectivity index is 2.06. The molecule has 0 spiro atoms. The maximum Gasteiger partial charge on any atom is 0.337 e. The number of carboxylic acids is 1. The summed E-state index contributed by atoms with van der Waals surface area (Å²) in [6.45, 7) is 1.92. The highest BCUT2D eigenvalue weighted by atomic mass is 19.1. The molecule has 5 heteroatoms. The van der Waals surface area contributed by atoms with Crippen molar-refractivity contribution in [3.05, 3.63) is 59.2 Å². The molecule has 0 atom stereocenters. The maximum absolute atomic E-state index is 13.4. The fourth-order valence-corrected chi connectivity index (χ4v) is 1.51. The number of hydrogen-bond donors (Lipinski definition) is 1. The van der Waals surface area contributed by atoms with E-state index in [0.717, 1.165) is 5.56 Å². The minimum Gasteiger partial charge on any atom is -0.484 e. The number of aromatic nitrogens is 1. The molecule has 98 valence electrons. The molecule has 1 heterocycles. The van der Waals surface area contributed by atoms with Crippen molar-refractivity contribution in [3.63, 3.8) is 0 Å². The third kappa shape index (κ3) is 3.28. The number of pyridine rings is 1. The number of aryl methyl sites for hydroxylation is 1. The Hall–Kier alpha value is -2.43. The lowest BCUT2D eigenvalue weighted by atomic mass is 10.2. The number of nitrogens with zero attached hydrogens (tertiary/aromatic N) is 1. The summed E-state index contributed by atoms with van der Waals surface area (Å²) in [5.41, 5.74) is 1.53. The molecule has 4 nitrogen and oxygen atoms in total. The Bertz CT molecular complexity index is 596. The number of ether oxygens (including phenoxy) is 1. The van der Waals surface area contributed by atoms with Gasteiger partial charge in [0.1, 0.15) is 6.61 Å². The standard InChI is InChI=1S/C14H12FNO3/c1-9-2-5-12(15)13(6-9)19-8-11-4-3-10(7-16-11)14(17)18/h2-7H,8H2,1H3,(H,17,18). The quantitative estimate of drug-likeness (QED) is 0.919. The lowest BCUT2D eigenvalue weighted by molar-refractivity contribution is 0.0696. The van der Waals surface area contributed by atoms with Gasteiger partial charge in [0, 0.05) is 6.20 Å². The van der Waals surface area contributed by atoms with Crippen molar-refractivity contribution in [2.45, 2.75) is 13.5 Å². The van der Waals surface area contributed by atoms with Crippen LogP contribution >= 0.6 is 0 Å². The highest BCUT2D eigenvalue weighted by molar-refractivity contribution is 5.87. The molecule has 0 bridgehead atoms. The topological polar surface area (TPSA) is 59.4 Å². The van der Waals surface area contributed by atoms with Crippen molar-refractivity contribution in [2.24, 2.45) is 0 Å². The number of rotatable bonds is 4. The molecule has 0 aliphatic carbocycles. The van der Waals surface area contributed by atoms with E-state index in [0.29, 0.717) is 5.69 Å². The molecule has 0 amide bonds. The average Bonchev–Trinajstić information content (AvgIpc) is 2.40. The van der Waals surface area contributed by atoms with E-state index in [9.17, 15) is 9.18 Å². The Morgan fingerprint density at radius 2 is 2.16 bits per heavy atom. The molecule has 0 aliphatic heterocycles. The van der Waals surface area contributed by atoms with Gasteiger partial charge in [-0.25, -0.2) is 9.18 Å². The lowest BCUT2D eigenvalue weighted by Gasteiger charge is -2.07. The van der Waals surface area contributed by atoms with Gasteiger partial charge in [0.25, 0.3) is 0 Å². The lowest BCUT2D eigenvalue weighted by Crippen LogP contribution is -2.02. The van der Waals surface area contributed by atoms with Crippen molar-refractivity contribution >= 4 is 5.97 Å². The zero-order chi connectivity index (χ0) is 13.8. The molecule has 0 unspecified atom stereocenters. The number of carbonyl (C=O) groups is 1. The van der Waals surface area contributed by atoms with Crippen LogP contribution in [-0.4, -0.2) is 16.1 Å². The summed E-state index contributed by atoms with van der Waals surface area (Å²) in [6, 6.07) is 7.56. The minimum atomic E-state index is -1.04. The van der Waals surface area contributed by atoms with E-state index in [-0.39, 0.29) is 17.9 Å². The van der Waals surface area contributed by atoms with Crippen LogP contribution < -0.4 is 4.74 Å². The summed E-state index contributed by atoms with van der Waals surface area (Å²) >= 11 is 0. The smallest absolute Gasteiger partial charge is 0.337 e. The van der Waals surface area contributed by atoms with Crippen molar-refractivity contribution in [1.29, 1.82) is 0 Å². The number of aromatic carboxylic acids is 1. The number of benzene rings is 1. The Labute approximate surface area is 109 Å². The van der Waals surface area contributed by atoms with E-state index < -0.39 is 11.8 Å². The molecule has 0 radical (unpaired) electrons. The largest absolute Gasteiger partial charge is 0.484 e. The van der Waals surface area contributed by atoms with Crippen molar-refractivity contribution < 1.29 is 19.0 Å². The van der Waals surface area contributed by atoms with Gasteiger partial charge < -0.3 is 9.84 Å². The summed E-state index contributed by atoms with van der Waals surface area (Å²) in [4.78, 5) is 14.6. The van der Waals surface area contributed by atoms with Crippen molar-refractivity contribution in [1.82, 2.24) is 4.98 Å². The Kier molecular flexibility index (Phi) is 3.75. The molecule has 19 heavy (non-hydrogen) atoms. The zero-order valence-corrected chi connectivity index (χ0v) is 10.3. The Morgan fingerprint density at radius 1 is 1.37 bits per heavy atom. The molecule has 2 aromatic rings. The normalized spacial score (nSPS) is 10.2. The fraction of sp³-hybridized carbons (Fsp3) is 0.143. The summed E-state index contributed by atoms with van der Waals surface area (Å²) in [5.74, 6) is -1.32. The molecule has 0 saturated carbocycles. The monoisotopic (exact) mass is 261 g/mol. The third-order valence-corrected chi connectivity index (χ3v) is 2.53. The molecule has 1 N–H and O–H groups in total. The number of hydrogen-bond acceptors (Lipinski definition) is 3. The summed E-state index contributed by atoms with van der Waals surface area (Å²) in [5, 5.41) is 8.73. The van der Waals surface area contributed by atoms with Gasteiger partial charge in [0.2, 0.25) is 0 Å². The van der Waals surface area contributed by atoms with Crippen LogP contribution in [0, 0.1) is 12.7 Å². The van der Waals surface area contributed by atoms with E-state index >= 15 is 0 Å². The molecule has 1 aromatic carbocycles. The summed E-state index contributed by atoms with van der Waals surface area (Å²) < 4.78 is 18.7. The first kappa shape index (κ1) is 13.0. The predicted octanol–water partition coefficient (Wildman–Crippen LogP) is 2.81. The van der Waals surface area contributed by atoms with Crippen LogP contribution in [0.2, 0.25) is 0 Å². The van der Waals surface area contributed by atoms with Gasteiger partial charge in [0.05, 0.1) is 11.3 Å². The van der Waals surface area contributed by atoms with E-state index in [1.807, 2.05) is 6.92 Å². The van der Waals surface area contributed by atoms with Gasteiger partial charge >= 0.3 is 5.97 Å². The number of halogens is 1. The number of carboxylic acid groups (broad SMARTS) is 1. The molecule has 0 aliphatic rings. The average molecular weight is 261 g/mol. The molecular formula is C14H12FNO3. The predicted molar refractivity (Wildman–Crippen MR) is 66.7 cm³/mol. The first-order chi connectivity index (χ1) is 9.06. The first-order valence-corrected chi connectivity index (χ1v) is 5.63. The summed E-state index contributed by atoms with van der Waals surface area (Å²) in [7, 11) is 0. The van der Waals surface area contributed by atoms with Crippen LogP contribution in [0.15, 0.2) is 36.5 Å². The second kappa shape index (κ2) is 5.48. The van der Waals surface area contributed by atoms with Crippen LogP contribution in [-0.2, 0) is 6.61 Å². The first-order valence-electron chi connectivity index (χ1n) is 5.63. The van der Waals surface area contributed by atoms with Crippen LogP contribution in [0.1, 0.15) is 21.6 Å². The second-order valence-electron chi connectivity index (χ2n) is 4.07. The maximum atomic E-state index is 13.4. The van der Waals surface area contributed by atoms with Crippen LogP contribution in [0.4, 0.5) is 4.39 Å². The van der Waals surface area contributed by atoms with E-state index in [1.165, 1.54) is 24.4 Å². The highest BCUT2D eigenvalue weighted by Crippen LogP contribution is 2.19. The van der Waals surface area contributed by atoms with Gasteiger partial charge in [-0.1, -0.05) is 6.07 Å². The second-order valence-corrected chi connectivity index (χ2v) is 4.07. The van der Waals surface area contributed by atoms with Gasteiger partial charge in [0.15, 0.2) is 11.6 Å². The van der Waals surface area contributed by atoms with Gasteiger partial charge in [-0.05, 0) is 36.8 Å². The van der Waals surface area contributed by atoms with E-state index in [4.69, 9.17) is 9.84 Å². The van der Waals surface area contributed by atoms with Gasteiger partial charge in [-0.3, -0.25) is 4.98 Å². The molecule has 1 aromatic heterocycles. The minimum absolute atomic E-state index is 0.0836. The zero-order valence-electron chi connectivity index (χ0n) is 10.3.